The first-order chi connectivity index (χ1) is 8.43. The lowest BCUT2D eigenvalue weighted by Gasteiger charge is -2.41. The van der Waals surface area contributed by atoms with Gasteiger partial charge in [0.2, 0.25) is 0 Å². The molecule has 0 aromatic heterocycles. The fourth-order valence-corrected chi connectivity index (χ4v) is 2.17. The van der Waals surface area contributed by atoms with Gasteiger partial charge in [0, 0.05) is 13.0 Å². The van der Waals surface area contributed by atoms with Crippen molar-refractivity contribution >= 4 is 6.09 Å². The molecule has 18 heavy (non-hydrogen) atoms. The van der Waals surface area contributed by atoms with E-state index in [9.17, 15) is 19.4 Å². The molecule has 3 N–H and O–H groups in total. The Balaban J connectivity index is 2.22. The van der Waals surface area contributed by atoms with Crippen molar-refractivity contribution in [1.29, 1.82) is 0 Å². The van der Waals surface area contributed by atoms with Gasteiger partial charge in [0.1, 0.15) is 17.5 Å². The summed E-state index contributed by atoms with van der Waals surface area (Å²) >= 11 is 0. The molecule has 1 fully saturated rings. The van der Waals surface area contributed by atoms with Crippen LogP contribution in [-0.2, 0) is 5.60 Å². The van der Waals surface area contributed by atoms with Crippen LogP contribution in [0.2, 0.25) is 0 Å². The summed E-state index contributed by atoms with van der Waals surface area (Å²) in [6.07, 6.45) is -2.28. The van der Waals surface area contributed by atoms with Gasteiger partial charge in [-0.2, -0.15) is 0 Å². The monoisotopic (exact) mass is 255 g/mol. The van der Waals surface area contributed by atoms with E-state index in [1.54, 1.807) is 0 Å². The second-order valence-electron chi connectivity index (χ2n) is 4.43. The van der Waals surface area contributed by atoms with E-state index in [1.165, 1.54) is 24.3 Å². The fraction of sp³-hybridized carbons (Fsp3) is 0.417. The zero-order chi connectivity index (χ0) is 13.3. The molecule has 5 nitrogen and oxygen atoms in total. The smallest absolute Gasteiger partial charge is 0.407 e. The predicted octanol–water partition coefficient (Wildman–Crippen LogP) is 0.758. The molecular weight excluding hydrogens is 241 g/mol. The van der Waals surface area contributed by atoms with Crippen LogP contribution in [0, 0.1) is 5.82 Å². The standard InChI is InChI=1S/C12H14FNO4/c13-9-3-1-8(2-4-9)12(18)5-6-14(11(16)17)7-10(12)15/h1-4,10,15,18H,5-7H2,(H,16,17)/t10-,12-/m0/s1. The highest BCUT2D eigenvalue weighted by Crippen LogP contribution is 2.33. The van der Waals surface area contributed by atoms with Crippen molar-refractivity contribution < 1.29 is 24.5 Å². The molecule has 1 aromatic rings. The van der Waals surface area contributed by atoms with E-state index in [0.29, 0.717) is 5.56 Å². The molecule has 0 aliphatic carbocycles. The Hall–Kier alpha value is -1.66. The van der Waals surface area contributed by atoms with Gasteiger partial charge in [-0.15, -0.1) is 0 Å². The van der Waals surface area contributed by atoms with Gasteiger partial charge in [0.05, 0.1) is 6.54 Å². The molecular formula is C12H14FNO4. The second kappa shape index (κ2) is 4.55. The van der Waals surface area contributed by atoms with Crippen molar-refractivity contribution in [3.05, 3.63) is 35.6 Å². The molecule has 1 aromatic carbocycles. The molecule has 2 rings (SSSR count). The molecule has 1 saturated heterocycles. The number of carboxylic acid groups (broad SMARTS) is 1. The number of piperidine rings is 1. The number of aliphatic hydroxyl groups is 2. The van der Waals surface area contributed by atoms with E-state index in [1.807, 2.05) is 0 Å². The first-order valence-electron chi connectivity index (χ1n) is 5.58. The van der Waals surface area contributed by atoms with Crippen LogP contribution in [0.4, 0.5) is 9.18 Å². The molecule has 0 unspecified atom stereocenters. The third-order valence-corrected chi connectivity index (χ3v) is 3.32. The third kappa shape index (κ3) is 2.16. The molecule has 1 aliphatic rings. The van der Waals surface area contributed by atoms with Crippen molar-refractivity contribution in [3.63, 3.8) is 0 Å². The minimum atomic E-state index is -1.53. The molecule has 0 bridgehead atoms. The summed E-state index contributed by atoms with van der Waals surface area (Å²) in [5.41, 5.74) is -1.14. The molecule has 0 radical (unpaired) electrons. The van der Waals surface area contributed by atoms with Gasteiger partial charge in [-0.05, 0) is 17.7 Å². The van der Waals surface area contributed by atoms with Gasteiger partial charge in [0.15, 0.2) is 0 Å². The van der Waals surface area contributed by atoms with Crippen molar-refractivity contribution in [2.75, 3.05) is 13.1 Å². The number of nitrogens with zero attached hydrogens (tertiary/aromatic N) is 1. The summed E-state index contributed by atoms with van der Waals surface area (Å²) in [5, 5.41) is 29.1. The summed E-state index contributed by atoms with van der Waals surface area (Å²) in [6, 6.07) is 5.19. The Bertz CT molecular complexity index is 450. The van der Waals surface area contributed by atoms with Crippen molar-refractivity contribution in [2.45, 2.75) is 18.1 Å². The van der Waals surface area contributed by atoms with E-state index in [-0.39, 0.29) is 19.5 Å². The average molecular weight is 255 g/mol. The first kappa shape index (κ1) is 12.8. The second-order valence-corrected chi connectivity index (χ2v) is 4.43. The van der Waals surface area contributed by atoms with Crippen molar-refractivity contribution in [2.24, 2.45) is 0 Å². The zero-order valence-corrected chi connectivity index (χ0v) is 9.58. The van der Waals surface area contributed by atoms with Gasteiger partial charge >= 0.3 is 6.09 Å². The van der Waals surface area contributed by atoms with Gasteiger partial charge in [-0.3, -0.25) is 0 Å². The molecule has 0 saturated carbocycles. The van der Waals surface area contributed by atoms with Gasteiger partial charge in [0.25, 0.3) is 0 Å². The molecule has 1 aliphatic heterocycles. The zero-order valence-electron chi connectivity index (χ0n) is 9.58. The minimum absolute atomic E-state index is 0.0755. The van der Waals surface area contributed by atoms with Crippen molar-refractivity contribution in [3.8, 4) is 0 Å². The van der Waals surface area contributed by atoms with Crippen LogP contribution < -0.4 is 0 Å². The van der Waals surface area contributed by atoms with Crippen LogP contribution in [0.5, 0.6) is 0 Å². The molecule has 98 valence electrons. The average Bonchev–Trinajstić information content (AvgIpc) is 2.33. The van der Waals surface area contributed by atoms with Crippen LogP contribution in [-0.4, -0.2) is 45.5 Å². The van der Waals surface area contributed by atoms with Crippen LogP contribution in [0.25, 0.3) is 0 Å². The number of hydrogen-bond donors (Lipinski definition) is 3. The lowest BCUT2D eigenvalue weighted by atomic mass is 9.82. The minimum Gasteiger partial charge on any atom is -0.465 e. The Morgan fingerprint density at radius 3 is 2.50 bits per heavy atom. The summed E-state index contributed by atoms with van der Waals surface area (Å²) in [5.74, 6) is -0.431. The van der Waals surface area contributed by atoms with E-state index >= 15 is 0 Å². The highest BCUT2D eigenvalue weighted by atomic mass is 19.1. The van der Waals surface area contributed by atoms with Gasteiger partial charge < -0.3 is 20.2 Å². The van der Waals surface area contributed by atoms with Crippen LogP contribution in [0.15, 0.2) is 24.3 Å². The third-order valence-electron chi connectivity index (χ3n) is 3.32. The van der Waals surface area contributed by atoms with E-state index in [4.69, 9.17) is 5.11 Å². The SMILES string of the molecule is O=C(O)N1CC[C@](O)(c2ccc(F)cc2)[C@@H](O)C1. The van der Waals surface area contributed by atoms with Crippen LogP contribution >= 0.6 is 0 Å². The van der Waals surface area contributed by atoms with E-state index in [2.05, 4.69) is 0 Å². The lowest BCUT2D eigenvalue weighted by molar-refractivity contribution is -0.119. The van der Waals surface area contributed by atoms with Crippen LogP contribution in [0.1, 0.15) is 12.0 Å². The fourth-order valence-electron chi connectivity index (χ4n) is 2.17. The Morgan fingerprint density at radius 2 is 2.00 bits per heavy atom. The number of β-amino-alcohol motifs (C(OH)–C–C–N with tert-alkyl or cyclic N) is 1. The van der Waals surface area contributed by atoms with E-state index < -0.39 is 23.6 Å². The molecule has 2 atom stereocenters. The quantitative estimate of drug-likeness (QED) is 0.692. The normalized spacial score (nSPS) is 28.2. The highest BCUT2D eigenvalue weighted by Gasteiger charge is 2.43. The summed E-state index contributed by atoms with van der Waals surface area (Å²) in [7, 11) is 0. The number of aliphatic hydroxyl groups excluding tert-OH is 1. The molecule has 0 spiro atoms. The number of amides is 1. The summed E-state index contributed by atoms with van der Waals surface area (Å²) in [4.78, 5) is 11.8. The van der Waals surface area contributed by atoms with Crippen molar-refractivity contribution in [1.82, 2.24) is 4.90 Å². The van der Waals surface area contributed by atoms with Gasteiger partial charge in [-0.1, -0.05) is 12.1 Å². The van der Waals surface area contributed by atoms with E-state index in [0.717, 1.165) is 4.90 Å². The number of halogens is 1. The number of likely N-dealkylation sites (tertiary alicyclic amines) is 1. The number of carbonyl (C=O) groups is 1. The first-order valence-corrected chi connectivity index (χ1v) is 5.58. The molecule has 1 amide bonds. The largest absolute Gasteiger partial charge is 0.465 e. The maximum absolute atomic E-state index is 12.8. The number of benzene rings is 1. The molecule has 1 heterocycles. The topological polar surface area (TPSA) is 81.0 Å². The Labute approximate surface area is 103 Å². The lowest BCUT2D eigenvalue weighted by Crippen LogP contribution is -2.54. The Morgan fingerprint density at radius 1 is 1.39 bits per heavy atom. The molecule has 6 heteroatoms. The number of rotatable bonds is 1. The Kier molecular flexibility index (Phi) is 3.23. The summed E-state index contributed by atoms with van der Waals surface area (Å²) < 4.78 is 12.8. The summed E-state index contributed by atoms with van der Waals surface area (Å²) in [6.45, 7) is -0.0382. The van der Waals surface area contributed by atoms with Gasteiger partial charge in [-0.25, -0.2) is 9.18 Å². The van der Waals surface area contributed by atoms with Crippen LogP contribution in [0.3, 0.4) is 0 Å². The number of hydrogen-bond acceptors (Lipinski definition) is 3. The maximum atomic E-state index is 12.8. The maximum Gasteiger partial charge on any atom is 0.407 e. The predicted molar refractivity (Wildman–Crippen MR) is 60.5 cm³/mol. The highest BCUT2D eigenvalue weighted by molar-refractivity contribution is 5.65.